The number of hydrogen-bond acceptors (Lipinski definition) is 7. The molecule has 1 heterocycles. The molecule has 202 valence electrons. The van der Waals surface area contributed by atoms with Crippen LogP contribution in [0.15, 0.2) is 54.9 Å². The number of carboxylic acids is 3. The zero-order valence-corrected chi connectivity index (χ0v) is 21.2. The summed E-state index contributed by atoms with van der Waals surface area (Å²) in [6.07, 6.45) is 1.64. The predicted octanol–water partition coefficient (Wildman–Crippen LogP) is 2.14. The molecule has 0 aliphatic heterocycles. The van der Waals surface area contributed by atoms with Gasteiger partial charge in [-0.3, -0.25) is 19.2 Å². The minimum Gasteiger partial charge on any atom is -0.481 e. The first kappa shape index (κ1) is 31.2. The number of aliphatic carboxylic acids is 3. The summed E-state index contributed by atoms with van der Waals surface area (Å²) in [4.78, 5) is 58.9. The van der Waals surface area contributed by atoms with Gasteiger partial charge >= 0.3 is 17.9 Å². The number of carbonyl (C=O) groups is 5. The Kier molecular flexibility index (Phi) is 11.8. The SMILES string of the molecule is CCN(CC)CCC(=O)C(C)(C(=O)c1ccccc1)n1cccc1.O=C(O)CC(O)(CC(=O)O)C(=O)O. The van der Waals surface area contributed by atoms with Crippen LogP contribution in [0.3, 0.4) is 0 Å². The van der Waals surface area contributed by atoms with E-state index in [-0.39, 0.29) is 11.6 Å². The van der Waals surface area contributed by atoms with E-state index in [9.17, 15) is 24.0 Å². The maximum absolute atomic E-state index is 13.1. The number of carbonyl (C=O) groups excluding carboxylic acids is 2. The first-order chi connectivity index (χ1) is 17.3. The van der Waals surface area contributed by atoms with Crippen LogP contribution in [-0.4, -0.2) is 84.6 Å². The predicted molar refractivity (Wildman–Crippen MR) is 133 cm³/mol. The highest BCUT2D eigenvalue weighted by Crippen LogP contribution is 2.25. The van der Waals surface area contributed by atoms with E-state index in [1.165, 1.54) is 0 Å². The van der Waals surface area contributed by atoms with Crippen LogP contribution >= 0.6 is 0 Å². The molecule has 0 radical (unpaired) electrons. The molecule has 2 rings (SSSR count). The molecule has 11 nitrogen and oxygen atoms in total. The van der Waals surface area contributed by atoms with Crippen molar-refractivity contribution in [2.75, 3.05) is 19.6 Å². The summed E-state index contributed by atoms with van der Waals surface area (Å²) in [6, 6.07) is 12.7. The highest BCUT2D eigenvalue weighted by atomic mass is 16.4. The van der Waals surface area contributed by atoms with Gasteiger partial charge in [-0.15, -0.1) is 0 Å². The van der Waals surface area contributed by atoms with Crippen molar-refractivity contribution < 1.29 is 44.4 Å². The van der Waals surface area contributed by atoms with Crippen LogP contribution in [-0.2, 0) is 24.7 Å². The van der Waals surface area contributed by atoms with Crippen LogP contribution in [0.5, 0.6) is 0 Å². The summed E-state index contributed by atoms with van der Waals surface area (Å²) in [6.45, 7) is 8.35. The molecule has 0 saturated heterocycles. The molecule has 0 aliphatic carbocycles. The lowest BCUT2D eigenvalue weighted by atomic mass is 9.85. The number of nitrogens with zero attached hydrogens (tertiary/aromatic N) is 2. The summed E-state index contributed by atoms with van der Waals surface area (Å²) in [5.74, 6) is -5.24. The molecule has 1 aromatic heterocycles. The van der Waals surface area contributed by atoms with Crippen LogP contribution in [0.2, 0.25) is 0 Å². The van der Waals surface area contributed by atoms with Crippen molar-refractivity contribution in [3.8, 4) is 0 Å². The smallest absolute Gasteiger partial charge is 0.336 e. The largest absolute Gasteiger partial charge is 0.481 e. The molecule has 2 aromatic rings. The van der Waals surface area contributed by atoms with Crippen LogP contribution in [0.4, 0.5) is 0 Å². The number of ketones is 2. The Morgan fingerprint density at radius 3 is 1.73 bits per heavy atom. The summed E-state index contributed by atoms with van der Waals surface area (Å²) in [5, 5.41) is 33.8. The average Bonchev–Trinajstić information content (AvgIpc) is 3.39. The third-order valence-corrected chi connectivity index (χ3v) is 5.98. The molecule has 0 bridgehead atoms. The number of carboxylic acid groups (broad SMARTS) is 3. The average molecular weight is 519 g/mol. The number of rotatable bonds is 14. The van der Waals surface area contributed by atoms with E-state index in [0.717, 1.165) is 13.1 Å². The zero-order chi connectivity index (χ0) is 28.2. The lowest BCUT2D eigenvalue weighted by molar-refractivity contribution is -0.170. The number of Topliss-reactive ketones (excluding diaryl/α,β-unsaturated/α-hetero) is 2. The molecule has 1 atom stereocenters. The van der Waals surface area contributed by atoms with E-state index in [2.05, 4.69) is 18.7 Å². The van der Waals surface area contributed by atoms with Crippen LogP contribution < -0.4 is 0 Å². The molecule has 11 heteroatoms. The van der Waals surface area contributed by atoms with Gasteiger partial charge in [-0.05, 0) is 32.1 Å². The van der Waals surface area contributed by atoms with Crippen molar-refractivity contribution >= 4 is 29.5 Å². The van der Waals surface area contributed by atoms with Crippen LogP contribution in [0, 0.1) is 0 Å². The molecule has 37 heavy (non-hydrogen) atoms. The number of hydrogen-bond donors (Lipinski definition) is 4. The van der Waals surface area contributed by atoms with E-state index >= 15 is 0 Å². The highest BCUT2D eigenvalue weighted by molar-refractivity contribution is 6.16. The maximum Gasteiger partial charge on any atom is 0.336 e. The fourth-order valence-electron chi connectivity index (χ4n) is 3.65. The highest BCUT2D eigenvalue weighted by Gasteiger charge is 2.42. The van der Waals surface area contributed by atoms with Crippen molar-refractivity contribution in [1.29, 1.82) is 0 Å². The molecular weight excluding hydrogens is 484 g/mol. The van der Waals surface area contributed by atoms with Gasteiger partial charge in [0.1, 0.15) is 0 Å². The first-order valence-electron chi connectivity index (χ1n) is 11.7. The summed E-state index contributed by atoms with van der Waals surface area (Å²) >= 11 is 0. The van der Waals surface area contributed by atoms with E-state index < -0.39 is 41.9 Å². The van der Waals surface area contributed by atoms with E-state index in [4.69, 9.17) is 20.4 Å². The molecule has 0 amide bonds. The molecule has 4 N–H and O–H groups in total. The fourth-order valence-corrected chi connectivity index (χ4v) is 3.65. The summed E-state index contributed by atoms with van der Waals surface area (Å²) < 4.78 is 1.73. The second kappa shape index (κ2) is 14.0. The minimum atomic E-state index is -2.74. The Hall–Kier alpha value is -3.83. The van der Waals surface area contributed by atoms with Gasteiger partial charge in [0.2, 0.25) is 0 Å². The van der Waals surface area contributed by atoms with Crippen molar-refractivity contribution in [2.45, 2.75) is 51.2 Å². The van der Waals surface area contributed by atoms with Gasteiger partial charge in [-0.25, -0.2) is 4.79 Å². The van der Waals surface area contributed by atoms with Crippen LogP contribution in [0.1, 0.15) is 50.4 Å². The summed E-state index contributed by atoms with van der Waals surface area (Å²) in [5.41, 5.74) is -3.39. The standard InChI is InChI=1S/C20H26N2O2.C6H8O7/c1-4-21(5-2)16-13-18(23)20(3,22-14-9-10-15-22)19(24)17-11-7-6-8-12-17;7-3(8)1-6(13,5(11)12)2-4(9)10/h6-12,14-15H,4-5,13,16H2,1-3H3;13H,1-2H2,(H,7,8)(H,9,10)(H,11,12). The van der Waals surface area contributed by atoms with Gasteiger partial charge in [0.05, 0.1) is 12.8 Å². The summed E-state index contributed by atoms with van der Waals surface area (Å²) in [7, 11) is 0. The van der Waals surface area contributed by atoms with Crippen molar-refractivity contribution in [3.05, 3.63) is 60.4 Å². The number of aromatic nitrogens is 1. The third-order valence-electron chi connectivity index (χ3n) is 5.98. The normalized spacial score (nSPS) is 12.7. The minimum absolute atomic E-state index is 0.0561. The lowest BCUT2D eigenvalue weighted by Gasteiger charge is -2.30. The first-order valence-corrected chi connectivity index (χ1v) is 11.7. The van der Waals surface area contributed by atoms with Crippen molar-refractivity contribution in [3.63, 3.8) is 0 Å². The molecule has 0 saturated carbocycles. The molecule has 1 aromatic carbocycles. The topological polar surface area (TPSA) is 174 Å². The lowest BCUT2D eigenvalue weighted by Crippen LogP contribution is -2.47. The Labute approximate surface area is 214 Å². The maximum atomic E-state index is 13.1. The Morgan fingerprint density at radius 1 is 0.838 bits per heavy atom. The number of benzene rings is 1. The number of aliphatic hydroxyl groups is 1. The van der Waals surface area contributed by atoms with Crippen LogP contribution in [0.25, 0.3) is 0 Å². The van der Waals surface area contributed by atoms with Gasteiger partial charge in [0.15, 0.2) is 22.7 Å². The van der Waals surface area contributed by atoms with Crippen molar-refractivity contribution in [2.24, 2.45) is 0 Å². The van der Waals surface area contributed by atoms with Gasteiger partial charge in [0, 0.05) is 30.9 Å². The molecule has 0 aliphatic rings. The van der Waals surface area contributed by atoms with E-state index in [0.29, 0.717) is 18.5 Å². The van der Waals surface area contributed by atoms with Gasteiger partial charge in [-0.1, -0.05) is 44.2 Å². The second-order valence-corrected chi connectivity index (χ2v) is 8.54. The second-order valence-electron chi connectivity index (χ2n) is 8.54. The Balaban J connectivity index is 0.000000448. The molecule has 1 unspecified atom stereocenters. The molecule has 0 fully saturated rings. The third kappa shape index (κ3) is 8.65. The molecular formula is C26H34N2O9. The quantitative estimate of drug-likeness (QED) is 0.214. The van der Waals surface area contributed by atoms with Gasteiger partial charge < -0.3 is 29.9 Å². The fraction of sp³-hybridized carbons (Fsp3) is 0.423. The van der Waals surface area contributed by atoms with E-state index in [1.807, 2.05) is 30.3 Å². The molecule has 0 spiro atoms. The van der Waals surface area contributed by atoms with Gasteiger partial charge in [-0.2, -0.15) is 0 Å². The monoisotopic (exact) mass is 518 g/mol. The Bertz CT molecular complexity index is 1050. The van der Waals surface area contributed by atoms with Gasteiger partial charge in [0.25, 0.3) is 0 Å². The Morgan fingerprint density at radius 2 is 1.32 bits per heavy atom. The van der Waals surface area contributed by atoms with E-state index in [1.54, 1.807) is 36.0 Å². The zero-order valence-electron chi connectivity index (χ0n) is 21.2. The van der Waals surface area contributed by atoms with Crippen molar-refractivity contribution in [1.82, 2.24) is 9.47 Å².